The third kappa shape index (κ3) is 5.61. The Balaban J connectivity index is 1.51. The molecule has 1 aliphatic rings. The van der Waals surface area contributed by atoms with Gasteiger partial charge in [0.1, 0.15) is 12.1 Å². The second-order valence-corrected chi connectivity index (χ2v) is 9.25. The molecule has 1 saturated heterocycles. The van der Waals surface area contributed by atoms with Gasteiger partial charge in [-0.25, -0.2) is 0 Å². The normalized spacial score (nSPS) is 17.2. The van der Waals surface area contributed by atoms with Gasteiger partial charge in [-0.15, -0.1) is 11.3 Å². The molecule has 3 aromatic rings. The Morgan fingerprint density at radius 3 is 2.58 bits per heavy atom. The van der Waals surface area contributed by atoms with Gasteiger partial charge in [0.2, 0.25) is 5.91 Å². The van der Waals surface area contributed by atoms with Gasteiger partial charge < -0.3 is 15.0 Å². The van der Waals surface area contributed by atoms with E-state index in [0.717, 1.165) is 15.6 Å². The van der Waals surface area contributed by atoms with E-state index in [-0.39, 0.29) is 17.9 Å². The number of amides is 2. The van der Waals surface area contributed by atoms with Gasteiger partial charge in [-0.1, -0.05) is 64.5 Å². The van der Waals surface area contributed by atoms with E-state index in [9.17, 15) is 9.59 Å². The summed E-state index contributed by atoms with van der Waals surface area (Å²) in [7, 11) is 0. The number of hydrogen-bond donors (Lipinski definition) is 1. The molecular weight excluding hydrogens is 476 g/mol. The molecule has 0 radical (unpaired) electrons. The highest BCUT2D eigenvalue weighted by Crippen LogP contribution is 2.24. The van der Waals surface area contributed by atoms with E-state index in [1.165, 1.54) is 11.3 Å². The Morgan fingerprint density at radius 1 is 1.10 bits per heavy atom. The zero-order chi connectivity index (χ0) is 21.6. The molecule has 7 heteroatoms. The number of nitrogens with one attached hydrogen (secondary N) is 1. The highest BCUT2D eigenvalue weighted by atomic mass is 79.9. The Hall–Kier alpha value is -2.48. The van der Waals surface area contributed by atoms with E-state index >= 15 is 0 Å². The van der Waals surface area contributed by atoms with Gasteiger partial charge in [0.05, 0.1) is 18.0 Å². The van der Waals surface area contributed by atoms with E-state index in [1.807, 2.05) is 66.0 Å². The molecule has 0 bridgehead atoms. The fourth-order valence-electron chi connectivity index (χ4n) is 3.64. The zero-order valence-corrected chi connectivity index (χ0v) is 19.3. The average molecular weight is 499 g/mol. The molecule has 1 fully saturated rings. The van der Waals surface area contributed by atoms with Crippen molar-refractivity contribution in [1.29, 1.82) is 0 Å². The van der Waals surface area contributed by atoms with Crippen molar-refractivity contribution in [3.63, 3.8) is 0 Å². The fraction of sp³-hybridized carbons (Fsp3) is 0.250. The van der Waals surface area contributed by atoms with Crippen LogP contribution in [0.3, 0.4) is 0 Å². The number of carbonyl (C=O) groups is 2. The summed E-state index contributed by atoms with van der Waals surface area (Å²) in [6.45, 7) is 1.43. The van der Waals surface area contributed by atoms with Gasteiger partial charge in [0.25, 0.3) is 5.91 Å². The predicted molar refractivity (Wildman–Crippen MR) is 125 cm³/mol. The summed E-state index contributed by atoms with van der Waals surface area (Å²) in [4.78, 5) is 28.6. The van der Waals surface area contributed by atoms with E-state index in [2.05, 4.69) is 21.2 Å². The number of nitrogens with zero attached hydrogens (tertiary/aromatic N) is 1. The molecule has 1 aliphatic heterocycles. The first-order valence-electron chi connectivity index (χ1n) is 10.1. The maximum Gasteiger partial charge on any atom is 0.262 e. The minimum atomic E-state index is -0.638. The quantitative estimate of drug-likeness (QED) is 0.545. The molecule has 2 atom stereocenters. The summed E-state index contributed by atoms with van der Waals surface area (Å²) in [6.07, 6.45) is 0.257. The van der Waals surface area contributed by atoms with Crippen LogP contribution in [0.25, 0.3) is 0 Å². The van der Waals surface area contributed by atoms with E-state index in [1.54, 1.807) is 11.0 Å². The first kappa shape index (κ1) is 21.7. The lowest BCUT2D eigenvalue weighted by molar-refractivity contribution is -0.141. The van der Waals surface area contributed by atoms with Crippen LogP contribution >= 0.6 is 27.3 Å². The van der Waals surface area contributed by atoms with Crippen LogP contribution in [0.1, 0.15) is 26.9 Å². The molecule has 2 heterocycles. The fourth-order valence-corrected chi connectivity index (χ4v) is 4.53. The Morgan fingerprint density at radius 2 is 1.87 bits per heavy atom. The highest BCUT2D eigenvalue weighted by Gasteiger charge is 2.31. The summed E-state index contributed by atoms with van der Waals surface area (Å²) in [6, 6.07) is 20.7. The second-order valence-electron chi connectivity index (χ2n) is 7.39. The first-order valence-corrected chi connectivity index (χ1v) is 11.8. The van der Waals surface area contributed by atoms with Crippen LogP contribution < -0.4 is 5.32 Å². The third-order valence-electron chi connectivity index (χ3n) is 5.25. The SMILES string of the molecule is O=C(NC(Cc1ccccc1)C(=O)N1CCOC(c2ccc(Br)cc2)C1)c1cccs1. The van der Waals surface area contributed by atoms with Crippen molar-refractivity contribution >= 4 is 39.1 Å². The van der Waals surface area contributed by atoms with Crippen LogP contribution in [-0.2, 0) is 16.0 Å². The molecule has 0 aliphatic carbocycles. The van der Waals surface area contributed by atoms with Crippen LogP contribution in [-0.4, -0.2) is 42.5 Å². The van der Waals surface area contributed by atoms with E-state index < -0.39 is 6.04 Å². The molecule has 4 rings (SSSR count). The van der Waals surface area contributed by atoms with Crippen LogP contribution in [0.15, 0.2) is 76.6 Å². The number of benzene rings is 2. The van der Waals surface area contributed by atoms with Gasteiger partial charge in [0.15, 0.2) is 0 Å². The lowest BCUT2D eigenvalue weighted by Crippen LogP contribution is -2.53. The molecule has 160 valence electrons. The minimum absolute atomic E-state index is 0.0841. The van der Waals surface area contributed by atoms with Crippen LogP contribution in [0.5, 0.6) is 0 Å². The highest BCUT2D eigenvalue weighted by molar-refractivity contribution is 9.10. The maximum absolute atomic E-state index is 13.5. The van der Waals surface area contributed by atoms with Gasteiger partial charge in [-0.05, 0) is 34.7 Å². The van der Waals surface area contributed by atoms with E-state index in [0.29, 0.717) is 31.0 Å². The lowest BCUT2D eigenvalue weighted by atomic mass is 10.0. The molecule has 0 spiro atoms. The van der Waals surface area contributed by atoms with Gasteiger partial charge in [0, 0.05) is 17.4 Å². The monoisotopic (exact) mass is 498 g/mol. The number of hydrogen-bond acceptors (Lipinski definition) is 4. The van der Waals surface area contributed by atoms with Crippen LogP contribution in [0, 0.1) is 0 Å². The predicted octanol–water partition coefficient (Wildman–Crippen LogP) is 4.45. The Labute approximate surface area is 194 Å². The van der Waals surface area contributed by atoms with Gasteiger partial charge in [-0.2, -0.15) is 0 Å². The van der Waals surface area contributed by atoms with Crippen LogP contribution in [0.4, 0.5) is 0 Å². The van der Waals surface area contributed by atoms with Crippen molar-refractivity contribution in [2.75, 3.05) is 19.7 Å². The number of thiophene rings is 1. The molecule has 0 saturated carbocycles. The summed E-state index contributed by atoms with van der Waals surface area (Å²) in [5, 5.41) is 4.82. The molecule has 1 aromatic heterocycles. The molecule has 2 amide bonds. The van der Waals surface area contributed by atoms with Crippen LogP contribution in [0.2, 0.25) is 0 Å². The molecular formula is C24H23BrN2O3S. The zero-order valence-electron chi connectivity index (χ0n) is 16.9. The first-order chi connectivity index (χ1) is 15.1. The van der Waals surface area contributed by atoms with Crippen molar-refractivity contribution in [3.05, 3.63) is 92.6 Å². The van der Waals surface area contributed by atoms with E-state index in [4.69, 9.17) is 4.74 Å². The lowest BCUT2D eigenvalue weighted by Gasteiger charge is -2.35. The number of halogens is 1. The summed E-state index contributed by atoms with van der Waals surface area (Å²) >= 11 is 4.81. The minimum Gasteiger partial charge on any atom is -0.370 e. The third-order valence-corrected chi connectivity index (χ3v) is 6.65. The second kappa shape index (κ2) is 10.2. The van der Waals surface area contributed by atoms with Gasteiger partial charge in [-0.3, -0.25) is 9.59 Å². The Bertz CT molecular complexity index is 1010. The topological polar surface area (TPSA) is 58.6 Å². The number of carbonyl (C=O) groups excluding carboxylic acids is 2. The van der Waals surface area contributed by atoms with Crippen molar-refractivity contribution < 1.29 is 14.3 Å². The number of rotatable bonds is 6. The standard InChI is InChI=1S/C24H23BrN2O3S/c25-19-10-8-18(9-11-19)21-16-27(12-13-30-21)24(29)20(15-17-5-2-1-3-6-17)26-23(28)22-7-4-14-31-22/h1-11,14,20-21H,12-13,15-16H2,(H,26,28). The molecule has 31 heavy (non-hydrogen) atoms. The summed E-state index contributed by atoms with van der Waals surface area (Å²) in [5.74, 6) is -0.304. The summed E-state index contributed by atoms with van der Waals surface area (Å²) in [5.41, 5.74) is 2.04. The smallest absolute Gasteiger partial charge is 0.262 e. The largest absolute Gasteiger partial charge is 0.370 e. The average Bonchev–Trinajstić information content (AvgIpc) is 3.35. The number of ether oxygens (including phenoxy) is 1. The Kier molecular flexibility index (Phi) is 7.17. The van der Waals surface area contributed by atoms with Crippen molar-refractivity contribution in [1.82, 2.24) is 10.2 Å². The van der Waals surface area contributed by atoms with Crippen molar-refractivity contribution in [3.8, 4) is 0 Å². The molecule has 2 aromatic carbocycles. The van der Waals surface area contributed by atoms with Gasteiger partial charge >= 0.3 is 0 Å². The maximum atomic E-state index is 13.5. The van der Waals surface area contributed by atoms with Crippen molar-refractivity contribution in [2.45, 2.75) is 18.6 Å². The molecule has 1 N–H and O–H groups in total. The molecule has 5 nitrogen and oxygen atoms in total. The summed E-state index contributed by atoms with van der Waals surface area (Å²) < 4.78 is 6.93. The van der Waals surface area contributed by atoms with Crippen molar-refractivity contribution in [2.24, 2.45) is 0 Å². The number of morpholine rings is 1. The molecule has 2 unspecified atom stereocenters.